The summed E-state index contributed by atoms with van der Waals surface area (Å²) in [6.45, 7) is 5.30. The highest BCUT2D eigenvalue weighted by molar-refractivity contribution is 6.24. The highest BCUT2D eigenvalue weighted by Gasteiger charge is 2.38. The monoisotopic (exact) mass is 285 g/mol. The Morgan fingerprint density at radius 1 is 1.00 bits per heavy atom. The molecule has 0 unspecified atom stereocenters. The van der Waals surface area contributed by atoms with Gasteiger partial charge in [-0.1, -0.05) is 24.3 Å². The van der Waals surface area contributed by atoms with Crippen molar-refractivity contribution in [1.82, 2.24) is 0 Å². The largest absolute Gasteiger partial charge is 0.506 e. The Balaban J connectivity index is 2.50. The molecule has 0 fully saturated rings. The molecule has 0 spiro atoms. The molecule has 5 nitrogen and oxygen atoms in total. The van der Waals surface area contributed by atoms with Crippen LogP contribution in [0.1, 0.15) is 34.6 Å². The Labute approximate surface area is 121 Å². The Morgan fingerprint density at radius 2 is 1.57 bits per heavy atom. The second-order valence-electron chi connectivity index (χ2n) is 4.84. The second-order valence-corrected chi connectivity index (χ2v) is 4.84. The molecule has 108 valence electrons. The third kappa shape index (κ3) is 1.77. The number of carbonyl (C=O) groups excluding carboxylic acids is 2. The van der Waals surface area contributed by atoms with Crippen LogP contribution in [0.4, 0.5) is 5.69 Å². The summed E-state index contributed by atoms with van der Waals surface area (Å²) in [5.74, 6) is -1.67. The predicted octanol–water partition coefficient (Wildman–Crippen LogP) is 2.70. The zero-order valence-electron chi connectivity index (χ0n) is 11.8. The first-order valence-corrected chi connectivity index (χ1v) is 6.89. The minimum Gasteiger partial charge on any atom is -0.506 e. The van der Waals surface area contributed by atoms with Crippen LogP contribution < -0.4 is 4.90 Å². The van der Waals surface area contributed by atoms with Gasteiger partial charge in [0.15, 0.2) is 0 Å². The fourth-order valence-electron chi connectivity index (χ4n) is 2.85. The second kappa shape index (κ2) is 4.77. The minimum absolute atomic E-state index is 0.0272. The fraction of sp³-hybridized carbons (Fsp3) is 0.250. The van der Waals surface area contributed by atoms with Gasteiger partial charge in [-0.25, -0.2) is 9.59 Å². The number of fused-ring (bicyclic) bond motifs is 2. The highest BCUT2D eigenvalue weighted by atomic mass is 16.6. The van der Waals surface area contributed by atoms with E-state index in [9.17, 15) is 14.7 Å². The van der Waals surface area contributed by atoms with Crippen LogP contribution in [-0.4, -0.2) is 30.1 Å². The third-order valence-electron chi connectivity index (χ3n) is 3.83. The molecule has 1 aliphatic heterocycles. The van der Waals surface area contributed by atoms with Crippen LogP contribution >= 0.6 is 0 Å². The lowest BCUT2D eigenvalue weighted by Gasteiger charge is -2.25. The first-order chi connectivity index (χ1) is 10.1. The predicted molar refractivity (Wildman–Crippen MR) is 78.9 cm³/mol. The van der Waals surface area contributed by atoms with Gasteiger partial charge in [0, 0.05) is 23.9 Å². The first kappa shape index (κ1) is 13.4. The molecule has 2 aromatic carbocycles. The smallest absolute Gasteiger partial charge is 0.350 e. The van der Waals surface area contributed by atoms with E-state index in [1.54, 1.807) is 12.1 Å². The van der Waals surface area contributed by atoms with E-state index in [0.29, 0.717) is 24.2 Å². The lowest BCUT2D eigenvalue weighted by molar-refractivity contribution is 0.0443. The van der Waals surface area contributed by atoms with E-state index in [4.69, 9.17) is 4.74 Å². The average Bonchev–Trinajstić information content (AvgIpc) is 2.78. The Bertz CT molecular complexity index is 762. The summed E-state index contributed by atoms with van der Waals surface area (Å²) in [6.07, 6.45) is 0. The first-order valence-electron chi connectivity index (χ1n) is 6.89. The lowest BCUT2D eigenvalue weighted by Crippen LogP contribution is -2.24. The van der Waals surface area contributed by atoms with E-state index in [0.717, 1.165) is 5.39 Å². The van der Waals surface area contributed by atoms with Gasteiger partial charge < -0.3 is 14.7 Å². The molecule has 1 heterocycles. The molecule has 0 radical (unpaired) electrons. The van der Waals surface area contributed by atoms with Gasteiger partial charge in [-0.05, 0) is 13.8 Å². The molecule has 0 amide bonds. The number of anilines is 1. The Kier molecular flexibility index (Phi) is 3.05. The van der Waals surface area contributed by atoms with Crippen molar-refractivity contribution in [2.75, 3.05) is 18.0 Å². The summed E-state index contributed by atoms with van der Waals surface area (Å²) < 4.78 is 4.70. The quantitative estimate of drug-likeness (QED) is 0.693. The fourth-order valence-corrected chi connectivity index (χ4v) is 2.85. The van der Waals surface area contributed by atoms with E-state index >= 15 is 0 Å². The van der Waals surface area contributed by atoms with Gasteiger partial charge in [0.25, 0.3) is 0 Å². The van der Waals surface area contributed by atoms with Crippen molar-refractivity contribution in [2.24, 2.45) is 0 Å². The maximum atomic E-state index is 12.0. The zero-order valence-corrected chi connectivity index (χ0v) is 11.8. The summed E-state index contributed by atoms with van der Waals surface area (Å²) in [7, 11) is 0. The van der Waals surface area contributed by atoms with Gasteiger partial charge in [0.05, 0.1) is 5.69 Å². The van der Waals surface area contributed by atoms with E-state index in [2.05, 4.69) is 0 Å². The molecular weight excluding hydrogens is 270 g/mol. The number of hydrogen-bond donors (Lipinski definition) is 1. The van der Waals surface area contributed by atoms with E-state index < -0.39 is 11.9 Å². The highest BCUT2D eigenvalue weighted by Crippen LogP contribution is 2.43. The molecule has 0 saturated heterocycles. The van der Waals surface area contributed by atoms with E-state index in [-0.39, 0.29) is 16.9 Å². The Hall–Kier alpha value is -2.56. The third-order valence-corrected chi connectivity index (χ3v) is 3.83. The van der Waals surface area contributed by atoms with Crippen LogP contribution in [0.5, 0.6) is 5.75 Å². The van der Waals surface area contributed by atoms with Gasteiger partial charge in [-0.3, -0.25) is 0 Å². The van der Waals surface area contributed by atoms with Crippen LogP contribution in [0.15, 0.2) is 24.3 Å². The number of rotatable bonds is 3. The number of aromatic hydroxyl groups is 1. The van der Waals surface area contributed by atoms with Gasteiger partial charge in [0.2, 0.25) is 0 Å². The molecule has 21 heavy (non-hydrogen) atoms. The van der Waals surface area contributed by atoms with Crippen LogP contribution in [-0.2, 0) is 4.74 Å². The van der Waals surface area contributed by atoms with Crippen LogP contribution in [0.2, 0.25) is 0 Å². The standard InChI is InChI=1S/C16H15NO4/c1-3-17(4-2)13-9-7-5-6-8-10(9)14(18)12-11(13)15(19)21-16(12)20/h5-8,18H,3-4H2,1-2H3. The number of phenols is 1. The molecule has 0 aromatic heterocycles. The van der Waals surface area contributed by atoms with Gasteiger partial charge in [-0.2, -0.15) is 0 Å². The van der Waals surface area contributed by atoms with Crippen LogP contribution in [0, 0.1) is 0 Å². The number of esters is 2. The molecule has 0 atom stereocenters. The number of cyclic esters (lactones) is 2. The summed E-state index contributed by atoms with van der Waals surface area (Å²) in [6, 6.07) is 7.18. The molecule has 5 heteroatoms. The number of ether oxygens (including phenoxy) is 1. The number of hydrogen-bond acceptors (Lipinski definition) is 5. The maximum Gasteiger partial charge on any atom is 0.350 e. The molecule has 2 aromatic rings. The normalized spacial score (nSPS) is 13.4. The topological polar surface area (TPSA) is 66.8 Å². The molecule has 0 aliphatic carbocycles. The summed E-state index contributed by atoms with van der Waals surface area (Å²) in [4.78, 5) is 25.9. The molecule has 3 rings (SSSR count). The van der Waals surface area contributed by atoms with Gasteiger partial charge in [0.1, 0.15) is 16.9 Å². The number of carbonyl (C=O) groups is 2. The van der Waals surface area contributed by atoms with E-state index in [1.165, 1.54) is 0 Å². The van der Waals surface area contributed by atoms with Crippen molar-refractivity contribution in [3.8, 4) is 5.75 Å². The maximum absolute atomic E-state index is 12.0. The molecule has 0 bridgehead atoms. The van der Waals surface area contributed by atoms with Crippen LogP contribution in [0.25, 0.3) is 10.8 Å². The van der Waals surface area contributed by atoms with Crippen molar-refractivity contribution < 1.29 is 19.4 Å². The van der Waals surface area contributed by atoms with Crippen molar-refractivity contribution >= 4 is 28.4 Å². The lowest BCUT2D eigenvalue weighted by atomic mass is 9.97. The molecule has 0 saturated carbocycles. The number of benzene rings is 2. The average molecular weight is 285 g/mol. The summed E-state index contributed by atoms with van der Waals surface area (Å²) in [5.41, 5.74) is 0.791. The molecule has 1 aliphatic rings. The summed E-state index contributed by atoms with van der Waals surface area (Å²) in [5, 5.41) is 11.6. The van der Waals surface area contributed by atoms with Crippen molar-refractivity contribution in [3.63, 3.8) is 0 Å². The minimum atomic E-state index is -0.786. The van der Waals surface area contributed by atoms with Crippen molar-refractivity contribution in [2.45, 2.75) is 13.8 Å². The van der Waals surface area contributed by atoms with E-state index in [1.807, 2.05) is 30.9 Å². The molecular formula is C16H15NO4. The Morgan fingerprint density at radius 3 is 2.19 bits per heavy atom. The molecule has 1 N–H and O–H groups in total. The zero-order chi connectivity index (χ0) is 15.1. The number of phenolic OH excluding ortho intramolecular Hbond substituents is 1. The van der Waals surface area contributed by atoms with Gasteiger partial charge >= 0.3 is 11.9 Å². The van der Waals surface area contributed by atoms with Crippen molar-refractivity contribution in [1.29, 1.82) is 0 Å². The number of nitrogens with zero attached hydrogens (tertiary/aromatic N) is 1. The van der Waals surface area contributed by atoms with Crippen molar-refractivity contribution in [3.05, 3.63) is 35.4 Å². The summed E-state index contributed by atoms with van der Waals surface area (Å²) >= 11 is 0. The van der Waals surface area contributed by atoms with Gasteiger partial charge in [-0.15, -0.1) is 0 Å². The SMILES string of the molecule is CCN(CC)c1c2c(c(O)c3ccccc13)C(=O)OC2=O. The van der Waals surface area contributed by atoms with Crippen LogP contribution in [0.3, 0.4) is 0 Å².